The van der Waals surface area contributed by atoms with Crippen LogP contribution in [0.25, 0.3) is 10.9 Å². The fourth-order valence-electron chi connectivity index (χ4n) is 4.20. The molecule has 4 rings (SSSR count). The number of hydrogen-bond acceptors (Lipinski definition) is 2. The molecule has 1 aliphatic rings. The van der Waals surface area contributed by atoms with E-state index in [-0.39, 0.29) is 0 Å². The fraction of sp³-hybridized carbons (Fsp3) is 0.435. The highest BCUT2D eigenvalue weighted by atomic mass is 15.1. The average molecular weight is 348 g/mol. The Morgan fingerprint density at radius 1 is 1.12 bits per heavy atom. The van der Waals surface area contributed by atoms with E-state index < -0.39 is 0 Å². The van der Waals surface area contributed by atoms with Gasteiger partial charge in [0, 0.05) is 54.5 Å². The molecule has 0 fully saturated rings. The van der Waals surface area contributed by atoms with Crippen LogP contribution in [0, 0.1) is 6.92 Å². The lowest BCUT2D eigenvalue weighted by Gasteiger charge is -2.24. The largest absolute Gasteiger partial charge is 0.344 e. The molecule has 0 saturated carbocycles. The molecule has 1 aromatic carbocycles. The first-order valence-corrected chi connectivity index (χ1v) is 9.88. The van der Waals surface area contributed by atoms with Crippen LogP contribution < -0.4 is 0 Å². The highest BCUT2D eigenvalue weighted by molar-refractivity contribution is 5.86. The van der Waals surface area contributed by atoms with E-state index in [0.717, 1.165) is 45.3 Å². The van der Waals surface area contributed by atoms with Crippen molar-refractivity contribution in [2.45, 2.75) is 52.6 Å². The third-order valence-electron chi connectivity index (χ3n) is 5.62. The van der Waals surface area contributed by atoms with Crippen molar-refractivity contribution in [2.24, 2.45) is 0 Å². The molecule has 3 heterocycles. The Labute approximate surface area is 156 Å². The van der Waals surface area contributed by atoms with Crippen LogP contribution in [0.3, 0.4) is 0 Å². The SMILES string of the molecule is CCCc1ccc(CCn2c3c(c4cc(C)ccc42)CN(C)CC3)cn1. The van der Waals surface area contributed by atoms with Crippen molar-refractivity contribution in [2.75, 3.05) is 13.6 Å². The van der Waals surface area contributed by atoms with Crippen LogP contribution in [-0.2, 0) is 32.4 Å². The topological polar surface area (TPSA) is 21.1 Å². The molecule has 0 aliphatic carbocycles. The first-order valence-electron chi connectivity index (χ1n) is 9.88. The number of likely N-dealkylation sites (N-methyl/N-ethyl adjacent to an activating group) is 1. The van der Waals surface area contributed by atoms with E-state index in [1.165, 1.54) is 33.3 Å². The van der Waals surface area contributed by atoms with Gasteiger partial charge in [0.25, 0.3) is 0 Å². The van der Waals surface area contributed by atoms with Crippen molar-refractivity contribution < 1.29 is 0 Å². The molecule has 0 spiro atoms. The number of aryl methyl sites for hydroxylation is 4. The van der Waals surface area contributed by atoms with Gasteiger partial charge in [-0.25, -0.2) is 0 Å². The third kappa shape index (κ3) is 3.28. The van der Waals surface area contributed by atoms with Crippen LogP contribution in [0.4, 0.5) is 0 Å². The molecule has 0 N–H and O–H groups in total. The van der Waals surface area contributed by atoms with E-state index in [1.807, 2.05) is 0 Å². The predicted octanol–water partition coefficient (Wildman–Crippen LogP) is 4.53. The van der Waals surface area contributed by atoms with Crippen LogP contribution in [-0.4, -0.2) is 28.0 Å². The molecule has 2 aromatic heterocycles. The minimum absolute atomic E-state index is 1.04. The van der Waals surface area contributed by atoms with E-state index >= 15 is 0 Å². The lowest BCUT2D eigenvalue weighted by Crippen LogP contribution is -2.27. The lowest BCUT2D eigenvalue weighted by molar-refractivity contribution is 0.309. The van der Waals surface area contributed by atoms with Gasteiger partial charge in [0.15, 0.2) is 0 Å². The van der Waals surface area contributed by atoms with E-state index in [4.69, 9.17) is 0 Å². The van der Waals surface area contributed by atoms with Gasteiger partial charge in [0.1, 0.15) is 0 Å². The van der Waals surface area contributed by atoms with Crippen LogP contribution >= 0.6 is 0 Å². The first kappa shape index (κ1) is 17.3. The second kappa shape index (κ2) is 7.24. The lowest BCUT2D eigenvalue weighted by atomic mass is 10.0. The van der Waals surface area contributed by atoms with Crippen molar-refractivity contribution >= 4 is 10.9 Å². The molecule has 0 amide bonds. The summed E-state index contributed by atoms with van der Waals surface area (Å²) in [5, 5.41) is 1.45. The Hall–Kier alpha value is -2.13. The smallest absolute Gasteiger partial charge is 0.0486 e. The number of hydrogen-bond donors (Lipinski definition) is 0. The maximum atomic E-state index is 4.62. The monoisotopic (exact) mass is 347 g/mol. The van der Waals surface area contributed by atoms with E-state index in [0.29, 0.717) is 0 Å². The Kier molecular flexibility index (Phi) is 4.82. The fourth-order valence-corrected chi connectivity index (χ4v) is 4.20. The summed E-state index contributed by atoms with van der Waals surface area (Å²) in [6, 6.07) is 11.4. The van der Waals surface area contributed by atoms with Gasteiger partial charge in [-0.3, -0.25) is 4.98 Å². The van der Waals surface area contributed by atoms with Crippen LogP contribution in [0.5, 0.6) is 0 Å². The van der Waals surface area contributed by atoms with Gasteiger partial charge in [0.2, 0.25) is 0 Å². The zero-order valence-electron chi connectivity index (χ0n) is 16.3. The van der Waals surface area contributed by atoms with Crippen molar-refractivity contribution in [1.29, 1.82) is 0 Å². The van der Waals surface area contributed by atoms with Gasteiger partial charge in [-0.15, -0.1) is 0 Å². The highest BCUT2D eigenvalue weighted by Gasteiger charge is 2.22. The van der Waals surface area contributed by atoms with Gasteiger partial charge in [0.05, 0.1) is 0 Å². The minimum Gasteiger partial charge on any atom is -0.344 e. The average Bonchev–Trinajstić information content (AvgIpc) is 2.94. The Morgan fingerprint density at radius 3 is 2.77 bits per heavy atom. The van der Waals surface area contributed by atoms with Gasteiger partial charge < -0.3 is 9.47 Å². The zero-order chi connectivity index (χ0) is 18.1. The number of rotatable bonds is 5. The summed E-state index contributed by atoms with van der Waals surface area (Å²) in [4.78, 5) is 7.06. The van der Waals surface area contributed by atoms with E-state index in [1.54, 1.807) is 5.69 Å². The molecule has 0 radical (unpaired) electrons. The van der Waals surface area contributed by atoms with Gasteiger partial charge in [-0.1, -0.05) is 31.0 Å². The molecule has 26 heavy (non-hydrogen) atoms. The molecular formula is C23H29N3. The second-order valence-electron chi connectivity index (χ2n) is 7.74. The number of fused-ring (bicyclic) bond motifs is 3. The Balaban J connectivity index is 1.64. The molecule has 3 nitrogen and oxygen atoms in total. The van der Waals surface area contributed by atoms with Gasteiger partial charge >= 0.3 is 0 Å². The molecule has 136 valence electrons. The maximum absolute atomic E-state index is 4.62. The van der Waals surface area contributed by atoms with Crippen molar-refractivity contribution in [3.8, 4) is 0 Å². The molecule has 0 atom stereocenters. The highest BCUT2D eigenvalue weighted by Crippen LogP contribution is 2.31. The van der Waals surface area contributed by atoms with Gasteiger partial charge in [-0.05, 0) is 56.1 Å². The number of benzene rings is 1. The van der Waals surface area contributed by atoms with Crippen molar-refractivity contribution in [1.82, 2.24) is 14.5 Å². The number of pyridine rings is 1. The maximum Gasteiger partial charge on any atom is 0.0486 e. The summed E-state index contributed by atoms with van der Waals surface area (Å²) in [5.41, 5.74) is 8.36. The van der Waals surface area contributed by atoms with Gasteiger partial charge in [-0.2, -0.15) is 0 Å². The Bertz CT molecular complexity index is 905. The summed E-state index contributed by atoms with van der Waals surface area (Å²) in [6.45, 7) is 7.65. The normalized spacial score (nSPS) is 14.7. The Morgan fingerprint density at radius 2 is 2.00 bits per heavy atom. The van der Waals surface area contributed by atoms with Crippen molar-refractivity contribution in [3.63, 3.8) is 0 Å². The summed E-state index contributed by atoms with van der Waals surface area (Å²) in [6.07, 6.45) is 6.48. The minimum atomic E-state index is 1.04. The first-order chi connectivity index (χ1) is 12.7. The molecule has 0 bridgehead atoms. The van der Waals surface area contributed by atoms with Crippen LogP contribution in [0.15, 0.2) is 36.5 Å². The zero-order valence-corrected chi connectivity index (χ0v) is 16.3. The van der Waals surface area contributed by atoms with Crippen LogP contribution in [0.1, 0.15) is 41.4 Å². The third-order valence-corrected chi connectivity index (χ3v) is 5.62. The number of aromatic nitrogens is 2. The van der Waals surface area contributed by atoms with Crippen molar-refractivity contribution in [3.05, 3.63) is 64.6 Å². The van der Waals surface area contributed by atoms with E-state index in [2.05, 4.69) is 71.9 Å². The summed E-state index contributed by atoms with van der Waals surface area (Å²) in [7, 11) is 2.23. The standard InChI is InChI=1S/C23H29N3/c1-4-5-19-8-7-18(15-24-19)10-13-26-22-9-6-17(2)14-20(22)21-16-25(3)12-11-23(21)26/h6-9,14-15H,4-5,10-13,16H2,1-3H3. The molecule has 3 aromatic rings. The molecule has 1 aliphatic heterocycles. The second-order valence-corrected chi connectivity index (χ2v) is 7.74. The molecular weight excluding hydrogens is 318 g/mol. The summed E-state index contributed by atoms with van der Waals surface area (Å²) in [5.74, 6) is 0. The van der Waals surface area contributed by atoms with Crippen LogP contribution in [0.2, 0.25) is 0 Å². The molecule has 0 unspecified atom stereocenters. The molecule has 3 heteroatoms. The summed E-state index contributed by atoms with van der Waals surface area (Å²) >= 11 is 0. The molecule has 0 saturated heterocycles. The van der Waals surface area contributed by atoms with E-state index in [9.17, 15) is 0 Å². The quantitative estimate of drug-likeness (QED) is 0.676. The predicted molar refractivity (Wildman–Crippen MR) is 109 cm³/mol. The summed E-state index contributed by atoms with van der Waals surface area (Å²) < 4.78 is 2.57. The number of nitrogens with zero attached hydrogens (tertiary/aromatic N) is 3.